The summed E-state index contributed by atoms with van der Waals surface area (Å²) in [7, 11) is 0. The van der Waals surface area contributed by atoms with Crippen molar-refractivity contribution < 1.29 is 23.5 Å². The first kappa shape index (κ1) is 13.9. The second kappa shape index (κ2) is 5.07. The first-order chi connectivity index (χ1) is 10.0. The van der Waals surface area contributed by atoms with Gasteiger partial charge in [-0.25, -0.2) is 13.6 Å². The van der Waals surface area contributed by atoms with Crippen LogP contribution in [0, 0.1) is 11.6 Å². The summed E-state index contributed by atoms with van der Waals surface area (Å²) in [5.74, 6) is -2.21. The monoisotopic (exact) mass is 296 g/mol. The lowest BCUT2D eigenvalue weighted by Crippen LogP contribution is -2.36. The van der Waals surface area contributed by atoms with E-state index in [1.807, 2.05) is 0 Å². The van der Waals surface area contributed by atoms with Crippen molar-refractivity contribution in [3.05, 3.63) is 35.4 Å². The van der Waals surface area contributed by atoms with Crippen molar-refractivity contribution >= 4 is 11.9 Å². The summed E-state index contributed by atoms with van der Waals surface area (Å²) in [6, 6.07) is 2.23. The minimum absolute atomic E-state index is 0.409. The Morgan fingerprint density at radius 2 is 1.95 bits per heavy atom. The van der Waals surface area contributed by atoms with Gasteiger partial charge in [-0.2, -0.15) is 0 Å². The van der Waals surface area contributed by atoms with Gasteiger partial charge in [0.25, 0.3) is 5.91 Å². The van der Waals surface area contributed by atoms with Crippen molar-refractivity contribution in [2.45, 2.75) is 25.0 Å². The maximum absolute atomic E-state index is 13.6. The first-order valence-corrected chi connectivity index (χ1v) is 6.74. The number of halogens is 2. The Hall–Kier alpha value is -2.02. The molecule has 1 aromatic carbocycles. The van der Waals surface area contributed by atoms with E-state index in [1.165, 1.54) is 11.0 Å². The van der Waals surface area contributed by atoms with Crippen LogP contribution >= 0.6 is 0 Å². The van der Waals surface area contributed by atoms with Crippen LogP contribution in [-0.2, 0) is 4.79 Å². The van der Waals surface area contributed by atoms with Gasteiger partial charge in [0.05, 0.1) is 12.1 Å². The number of rotatable bonds is 3. The van der Waals surface area contributed by atoms with E-state index in [9.17, 15) is 23.5 Å². The maximum atomic E-state index is 13.6. The molecule has 7 heteroatoms. The summed E-state index contributed by atoms with van der Waals surface area (Å²) in [5.41, 5.74) is -0.523. The lowest BCUT2D eigenvalue weighted by Gasteiger charge is -2.20. The van der Waals surface area contributed by atoms with Crippen molar-refractivity contribution in [1.29, 1.82) is 0 Å². The normalized spacial score (nSPS) is 22.9. The van der Waals surface area contributed by atoms with Gasteiger partial charge in [-0.15, -0.1) is 0 Å². The molecule has 0 aliphatic carbocycles. The van der Waals surface area contributed by atoms with Crippen LogP contribution in [0.5, 0.6) is 0 Å². The number of aliphatic hydroxyl groups is 1. The van der Waals surface area contributed by atoms with Crippen LogP contribution in [0.25, 0.3) is 0 Å². The Kier molecular flexibility index (Phi) is 3.36. The molecule has 1 N–H and O–H groups in total. The predicted octanol–water partition coefficient (Wildman–Crippen LogP) is 1.42. The van der Waals surface area contributed by atoms with E-state index >= 15 is 0 Å². The van der Waals surface area contributed by atoms with Gasteiger partial charge in [-0.1, -0.05) is 6.07 Å². The third-order valence-electron chi connectivity index (χ3n) is 3.97. The molecule has 2 aliphatic rings. The number of urea groups is 1. The van der Waals surface area contributed by atoms with Crippen LogP contribution in [0.1, 0.15) is 24.5 Å². The number of nitrogens with zero attached hydrogens (tertiary/aromatic N) is 2. The van der Waals surface area contributed by atoms with Gasteiger partial charge < -0.3 is 10.0 Å². The van der Waals surface area contributed by atoms with Crippen molar-refractivity contribution in [1.82, 2.24) is 9.80 Å². The zero-order valence-electron chi connectivity index (χ0n) is 11.1. The molecular weight excluding hydrogens is 282 g/mol. The molecule has 3 amide bonds. The molecule has 2 heterocycles. The molecule has 0 spiro atoms. The molecule has 5 nitrogen and oxygen atoms in total. The van der Waals surface area contributed by atoms with Gasteiger partial charge in [0.2, 0.25) is 0 Å². The second-order valence-corrected chi connectivity index (χ2v) is 5.23. The Bertz CT molecular complexity index is 566. The molecule has 2 aliphatic heterocycles. The first-order valence-electron chi connectivity index (χ1n) is 6.74. The number of hydrogen-bond donors (Lipinski definition) is 1. The van der Waals surface area contributed by atoms with Gasteiger partial charge in [-0.3, -0.25) is 9.69 Å². The van der Waals surface area contributed by atoms with Gasteiger partial charge in [0, 0.05) is 6.54 Å². The summed E-state index contributed by atoms with van der Waals surface area (Å²) in [4.78, 5) is 26.5. The van der Waals surface area contributed by atoms with Crippen molar-refractivity contribution in [2.75, 3.05) is 13.1 Å². The van der Waals surface area contributed by atoms with Gasteiger partial charge in [0.1, 0.15) is 23.8 Å². The van der Waals surface area contributed by atoms with E-state index < -0.39 is 47.8 Å². The third kappa shape index (κ3) is 2.17. The number of aliphatic hydroxyl groups excluding tert-OH is 1. The average molecular weight is 296 g/mol. The summed E-state index contributed by atoms with van der Waals surface area (Å²) in [6.45, 7) is 0.0540. The summed E-state index contributed by atoms with van der Waals surface area (Å²) < 4.78 is 27.2. The van der Waals surface area contributed by atoms with Crippen LogP contribution in [0.2, 0.25) is 0 Å². The van der Waals surface area contributed by atoms with Crippen molar-refractivity contribution in [3.63, 3.8) is 0 Å². The van der Waals surface area contributed by atoms with E-state index in [0.717, 1.165) is 23.5 Å². The molecule has 112 valence electrons. The Morgan fingerprint density at radius 3 is 2.57 bits per heavy atom. The molecular formula is C14H14F2N2O3. The summed E-state index contributed by atoms with van der Waals surface area (Å²) >= 11 is 0. The number of carbonyl (C=O) groups is 2. The van der Waals surface area contributed by atoms with E-state index in [4.69, 9.17) is 0 Å². The summed E-state index contributed by atoms with van der Waals surface area (Å²) in [5, 5.41) is 10.00. The molecule has 3 rings (SSSR count). The number of amides is 3. The highest BCUT2D eigenvalue weighted by atomic mass is 19.1. The minimum atomic E-state index is -1.58. The Morgan fingerprint density at radius 1 is 1.29 bits per heavy atom. The fourth-order valence-electron chi connectivity index (χ4n) is 2.94. The second-order valence-electron chi connectivity index (χ2n) is 5.23. The Labute approximate surface area is 119 Å². The van der Waals surface area contributed by atoms with Crippen molar-refractivity contribution in [3.8, 4) is 0 Å². The van der Waals surface area contributed by atoms with Crippen LogP contribution in [0.3, 0.4) is 0 Å². The number of fused-ring (bicyclic) bond motifs is 1. The number of carbonyl (C=O) groups excluding carboxylic acids is 2. The largest absolute Gasteiger partial charge is 0.386 e. The van der Waals surface area contributed by atoms with Gasteiger partial charge in [-0.05, 0) is 25.0 Å². The van der Waals surface area contributed by atoms with Crippen LogP contribution in [-0.4, -0.2) is 46.0 Å². The number of hydrogen-bond acceptors (Lipinski definition) is 3. The van der Waals surface area contributed by atoms with E-state index in [0.29, 0.717) is 13.0 Å². The van der Waals surface area contributed by atoms with Crippen molar-refractivity contribution in [2.24, 2.45) is 0 Å². The third-order valence-corrected chi connectivity index (χ3v) is 3.97. The maximum Gasteiger partial charge on any atom is 0.327 e. The smallest absolute Gasteiger partial charge is 0.327 e. The molecule has 0 aromatic heterocycles. The lowest BCUT2D eigenvalue weighted by molar-refractivity contribution is -0.129. The highest BCUT2D eigenvalue weighted by Crippen LogP contribution is 2.29. The average Bonchev–Trinajstić information content (AvgIpc) is 2.99. The van der Waals surface area contributed by atoms with Gasteiger partial charge in [0.15, 0.2) is 0 Å². The predicted molar refractivity (Wildman–Crippen MR) is 68.2 cm³/mol. The molecule has 0 saturated carbocycles. The number of imide groups is 1. The standard InChI is InChI=1S/C14H14F2N2O3/c15-8-3-1-4-9(16)12(8)11(19)7-18-13(20)10-5-2-6-17(10)14(18)21/h1,3-4,10-11,19H,2,5-7H2. The topological polar surface area (TPSA) is 60.9 Å². The molecule has 2 fully saturated rings. The van der Waals surface area contributed by atoms with Crippen LogP contribution in [0.4, 0.5) is 13.6 Å². The molecule has 1 aromatic rings. The number of β-amino-alcohol motifs (C(OH)–C–C–N with tert-alkyl or cyclic N) is 1. The SMILES string of the molecule is O=C1C2CCCN2C(=O)N1CC(O)c1c(F)cccc1F. The quantitative estimate of drug-likeness (QED) is 0.858. The van der Waals surface area contributed by atoms with Gasteiger partial charge >= 0.3 is 6.03 Å². The molecule has 0 radical (unpaired) electrons. The van der Waals surface area contributed by atoms with E-state index in [-0.39, 0.29) is 0 Å². The highest BCUT2D eigenvalue weighted by Gasteiger charge is 2.47. The fraction of sp³-hybridized carbons (Fsp3) is 0.429. The molecule has 21 heavy (non-hydrogen) atoms. The minimum Gasteiger partial charge on any atom is -0.386 e. The van der Waals surface area contributed by atoms with Crippen LogP contribution in [0.15, 0.2) is 18.2 Å². The molecule has 2 saturated heterocycles. The summed E-state index contributed by atoms with van der Waals surface area (Å²) in [6.07, 6.45) is -0.231. The lowest BCUT2D eigenvalue weighted by atomic mass is 10.1. The Balaban J connectivity index is 1.81. The van der Waals surface area contributed by atoms with E-state index in [2.05, 4.69) is 0 Å². The zero-order chi connectivity index (χ0) is 15.1. The zero-order valence-corrected chi connectivity index (χ0v) is 11.1. The fourth-order valence-corrected chi connectivity index (χ4v) is 2.94. The van der Waals surface area contributed by atoms with Crippen LogP contribution < -0.4 is 0 Å². The molecule has 2 unspecified atom stereocenters. The number of benzene rings is 1. The highest BCUT2D eigenvalue weighted by molar-refractivity contribution is 6.04. The van der Waals surface area contributed by atoms with E-state index in [1.54, 1.807) is 0 Å². The molecule has 2 atom stereocenters. The molecule has 0 bridgehead atoms.